The number of piperidine rings is 1. The Morgan fingerprint density at radius 1 is 1.29 bits per heavy atom. The molecule has 2 N–H and O–H groups in total. The van der Waals surface area contributed by atoms with Crippen molar-refractivity contribution in [2.45, 2.75) is 32.7 Å². The number of benzene rings is 1. The van der Waals surface area contributed by atoms with Crippen LogP contribution in [0.15, 0.2) is 24.3 Å². The number of nitrogens with two attached hydrogens (primary N) is 1. The molecule has 94 valence electrons. The summed E-state index contributed by atoms with van der Waals surface area (Å²) in [6.07, 6.45) is 2.56. The summed E-state index contributed by atoms with van der Waals surface area (Å²) < 4.78 is 0. The Bertz CT molecular complexity index is 332. The molecule has 1 saturated heterocycles. The van der Waals surface area contributed by atoms with Gasteiger partial charge in [-0.15, -0.1) is 0 Å². The van der Waals surface area contributed by atoms with Crippen molar-refractivity contribution in [1.82, 2.24) is 4.90 Å². The molecule has 1 fully saturated rings. The maximum absolute atomic E-state index is 5.95. The van der Waals surface area contributed by atoms with Gasteiger partial charge in [0, 0.05) is 6.04 Å². The van der Waals surface area contributed by atoms with Crippen LogP contribution in [0.5, 0.6) is 0 Å². The van der Waals surface area contributed by atoms with E-state index in [1.54, 1.807) is 0 Å². The molecule has 1 aromatic carbocycles. The minimum absolute atomic E-state index is 0.527. The van der Waals surface area contributed by atoms with Gasteiger partial charge in [-0.3, -0.25) is 4.90 Å². The smallest absolute Gasteiger partial charge is 0.0388 e. The minimum atomic E-state index is 0.527. The van der Waals surface area contributed by atoms with E-state index in [-0.39, 0.29) is 0 Å². The van der Waals surface area contributed by atoms with Gasteiger partial charge < -0.3 is 5.73 Å². The zero-order chi connectivity index (χ0) is 12.3. The lowest BCUT2D eigenvalue weighted by Crippen LogP contribution is -2.41. The van der Waals surface area contributed by atoms with E-state index in [4.69, 9.17) is 5.73 Å². The summed E-state index contributed by atoms with van der Waals surface area (Å²) in [5.41, 5.74) is 8.72. The molecule has 1 aromatic rings. The highest BCUT2D eigenvalue weighted by Gasteiger charge is 2.30. The molecule has 0 saturated carbocycles. The number of hydrogen-bond acceptors (Lipinski definition) is 2. The van der Waals surface area contributed by atoms with Crippen molar-refractivity contribution in [1.29, 1.82) is 0 Å². The third kappa shape index (κ3) is 2.70. The van der Waals surface area contributed by atoms with Crippen LogP contribution in [0.2, 0.25) is 0 Å². The summed E-state index contributed by atoms with van der Waals surface area (Å²) in [5.74, 6) is 0.617. The van der Waals surface area contributed by atoms with Crippen molar-refractivity contribution in [3.63, 3.8) is 0 Å². The predicted molar refractivity (Wildman–Crippen MR) is 72.9 cm³/mol. The normalized spacial score (nSPS) is 26.1. The summed E-state index contributed by atoms with van der Waals surface area (Å²) in [7, 11) is 0. The van der Waals surface area contributed by atoms with E-state index in [9.17, 15) is 0 Å². The second-order valence-corrected chi connectivity index (χ2v) is 5.12. The molecule has 0 aromatic heterocycles. The van der Waals surface area contributed by atoms with Gasteiger partial charge in [-0.05, 0) is 50.9 Å². The number of rotatable bonds is 3. The van der Waals surface area contributed by atoms with Crippen LogP contribution in [0.3, 0.4) is 0 Å². The van der Waals surface area contributed by atoms with Crippen LogP contribution in [-0.2, 0) is 0 Å². The third-order valence-electron chi connectivity index (χ3n) is 3.99. The standard InChI is InChI=1S/C15H24N2/c1-3-17-10-4-5-14(11-16)15(17)13-8-6-12(2)7-9-13/h6-9,14-15H,3-5,10-11,16H2,1-2H3. The van der Waals surface area contributed by atoms with E-state index >= 15 is 0 Å². The fraction of sp³-hybridized carbons (Fsp3) is 0.600. The van der Waals surface area contributed by atoms with Gasteiger partial charge in [0.05, 0.1) is 0 Å². The highest BCUT2D eigenvalue weighted by atomic mass is 15.2. The number of hydrogen-bond donors (Lipinski definition) is 1. The number of aryl methyl sites for hydroxylation is 1. The van der Waals surface area contributed by atoms with Crippen molar-refractivity contribution < 1.29 is 0 Å². The second-order valence-electron chi connectivity index (χ2n) is 5.12. The van der Waals surface area contributed by atoms with Crippen LogP contribution in [0.1, 0.15) is 36.9 Å². The van der Waals surface area contributed by atoms with Crippen molar-refractivity contribution in [3.05, 3.63) is 35.4 Å². The van der Waals surface area contributed by atoms with E-state index in [1.165, 1.54) is 30.5 Å². The number of likely N-dealkylation sites (tertiary alicyclic amines) is 1. The van der Waals surface area contributed by atoms with Crippen molar-refractivity contribution in [2.24, 2.45) is 11.7 Å². The lowest BCUT2D eigenvalue weighted by Gasteiger charge is -2.41. The summed E-state index contributed by atoms with van der Waals surface area (Å²) in [5, 5.41) is 0. The topological polar surface area (TPSA) is 29.3 Å². The molecule has 0 radical (unpaired) electrons. The average Bonchev–Trinajstić information content (AvgIpc) is 2.38. The van der Waals surface area contributed by atoms with Gasteiger partial charge >= 0.3 is 0 Å². The Kier molecular flexibility index (Phi) is 4.19. The molecule has 0 amide bonds. The highest BCUT2D eigenvalue weighted by molar-refractivity contribution is 5.25. The molecule has 1 aliphatic heterocycles. The quantitative estimate of drug-likeness (QED) is 0.868. The molecular weight excluding hydrogens is 208 g/mol. The summed E-state index contributed by atoms with van der Waals surface area (Å²) in [4.78, 5) is 2.58. The van der Waals surface area contributed by atoms with E-state index in [0.717, 1.165) is 13.1 Å². The van der Waals surface area contributed by atoms with Gasteiger partial charge in [-0.2, -0.15) is 0 Å². The van der Waals surface area contributed by atoms with Gasteiger partial charge in [0.15, 0.2) is 0 Å². The van der Waals surface area contributed by atoms with E-state index < -0.39 is 0 Å². The van der Waals surface area contributed by atoms with E-state index in [1.807, 2.05) is 0 Å². The molecule has 2 atom stereocenters. The molecule has 17 heavy (non-hydrogen) atoms. The van der Waals surface area contributed by atoms with Gasteiger partial charge in [-0.1, -0.05) is 36.8 Å². The van der Waals surface area contributed by atoms with E-state index in [0.29, 0.717) is 12.0 Å². The largest absolute Gasteiger partial charge is 0.330 e. The van der Waals surface area contributed by atoms with Crippen LogP contribution in [0.25, 0.3) is 0 Å². The van der Waals surface area contributed by atoms with Crippen molar-refractivity contribution >= 4 is 0 Å². The Morgan fingerprint density at radius 3 is 2.59 bits per heavy atom. The SMILES string of the molecule is CCN1CCCC(CN)C1c1ccc(C)cc1. The maximum Gasteiger partial charge on any atom is 0.0388 e. The first-order valence-corrected chi connectivity index (χ1v) is 6.77. The van der Waals surface area contributed by atoms with Crippen LogP contribution < -0.4 is 5.73 Å². The summed E-state index contributed by atoms with van der Waals surface area (Å²) >= 11 is 0. The summed E-state index contributed by atoms with van der Waals surface area (Å²) in [6.45, 7) is 7.53. The first kappa shape index (κ1) is 12.6. The molecule has 2 unspecified atom stereocenters. The second kappa shape index (κ2) is 5.65. The fourth-order valence-electron chi connectivity index (χ4n) is 3.00. The van der Waals surface area contributed by atoms with Crippen LogP contribution in [0, 0.1) is 12.8 Å². The van der Waals surface area contributed by atoms with E-state index in [2.05, 4.69) is 43.0 Å². The van der Waals surface area contributed by atoms with Gasteiger partial charge in [0.1, 0.15) is 0 Å². The molecule has 2 heteroatoms. The Hall–Kier alpha value is -0.860. The highest BCUT2D eigenvalue weighted by Crippen LogP contribution is 2.35. The molecule has 2 nitrogen and oxygen atoms in total. The van der Waals surface area contributed by atoms with Crippen molar-refractivity contribution in [3.8, 4) is 0 Å². The lowest BCUT2D eigenvalue weighted by molar-refractivity contribution is 0.102. The molecule has 0 spiro atoms. The first-order chi connectivity index (χ1) is 8.26. The van der Waals surface area contributed by atoms with Gasteiger partial charge in [0.25, 0.3) is 0 Å². The zero-order valence-corrected chi connectivity index (χ0v) is 11.0. The zero-order valence-electron chi connectivity index (χ0n) is 11.0. The summed E-state index contributed by atoms with van der Waals surface area (Å²) in [6, 6.07) is 9.50. The Morgan fingerprint density at radius 2 is 2.00 bits per heavy atom. The lowest BCUT2D eigenvalue weighted by atomic mass is 9.84. The fourth-order valence-corrected chi connectivity index (χ4v) is 3.00. The average molecular weight is 232 g/mol. The predicted octanol–water partition coefficient (Wildman–Crippen LogP) is 2.73. The Balaban J connectivity index is 2.26. The molecule has 0 aliphatic carbocycles. The van der Waals surface area contributed by atoms with Gasteiger partial charge in [-0.25, -0.2) is 0 Å². The van der Waals surface area contributed by atoms with Crippen LogP contribution in [0.4, 0.5) is 0 Å². The van der Waals surface area contributed by atoms with Crippen molar-refractivity contribution in [2.75, 3.05) is 19.6 Å². The van der Waals surface area contributed by atoms with Crippen LogP contribution in [-0.4, -0.2) is 24.5 Å². The molecule has 1 heterocycles. The molecular formula is C15H24N2. The monoisotopic (exact) mass is 232 g/mol. The minimum Gasteiger partial charge on any atom is -0.330 e. The number of nitrogens with zero attached hydrogens (tertiary/aromatic N) is 1. The van der Waals surface area contributed by atoms with Crippen LogP contribution >= 0.6 is 0 Å². The molecule has 1 aliphatic rings. The molecule has 2 rings (SSSR count). The Labute approximate surface area is 105 Å². The third-order valence-corrected chi connectivity index (χ3v) is 3.99. The maximum atomic E-state index is 5.95. The molecule has 0 bridgehead atoms. The van der Waals surface area contributed by atoms with Gasteiger partial charge in [0.2, 0.25) is 0 Å². The first-order valence-electron chi connectivity index (χ1n) is 6.77.